The van der Waals surface area contributed by atoms with Crippen LogP contribution in [0.5, 0.6) is 0 Å². The summed E-state index contributed by atoms with van der Waals surface area (Å²) >= 11 is 0. The van der Waals surface area contributed by atoms with E-state index in [0.717, 1.165) is 33.3 Å². The number of para-hydroxylation sites is 2. The van der Waals surface area contributed by atoms with Crippen molar-refractivity contribution in [2.45, 2.75) is 70.3 Å². The minimum Gasteiger partial charge on any atom is -0.481 e. The average molecular weight is 558 g/mol. The number of hydrogen-bond donors (Lipinski definition) is 3. The first kappa shape index (κ1) is 28.5. The predicted octanol–water partition coefficient (Wildman–Crippen LogP) is 5.04. The van der Waals surface area contributed by atoms with Crippen LogP contribution in [0.15, 0.2) is 79.1 Å². The fourth-order valence-electron chi connectivity index (χ4n) is 5.05. The molecule has 3 aromatic carbocycles. The Kier molecular flexibility index (Phi) is 9.40. The summed E-state index contributed by atoms with van der Waals surface area (Å²) in [5, 5.41) is 21.1. The summed E-state index contributed by atoms with van der Waals surface area (Å²) < 4.78 is 15.0. The van der Waals surface area contributed by atoms with Gasteiger partial charge in [0, 0.05) is 31.4 Å². The molecule has 1 aliphatic rings. The van der Waals surface area contributed by atoms with Gasteiger partial charge >= 0.3 is 5.97 Å². The molecule has 3 N–H and O–H groups in total. The zero-order valence-corrected chi connectivity index (χ0v) is 22.8. The summed E-state index contributed by atoms with van der Waals surface area (Å²) in [5.74, 6) is -0.938. The van der Waals surface area contributed by atoms with E-state index in [9.17, 15) is 14.7 Å². The molecule has 214 valence electrons. The van der Waals surface area contributed by atoms with E-state index >= 15 is 0 Å². The normalized spacial score (nSPS) is 18.8. The summed E-state index contributed by atoms with van der Waals surface area (Å²) in [6.45, 7) is 1.01. The van der Waals surface area contributed by atoms with E-state index in [1.807, 2.05) is 73.1 Å². The zero-order valence-electron chi connectivity index (χ0n) is 22.8. The van der Waals surface area contributed by atoms with Crippen LogP contribution < -0.4 is 5.32 Å². The molecule has 9 heteroatoms. The minimum absolute atomic E-state index is 0.00854. The number of aliphatic hydroxyl groups is 1. The lowest BCUT2D eigenvalue weighted by atomic mass is 9.99. The van der Waals surface area contributed by atoms with Gasteiger partial charge in [-0.05, 0) is 41.7 Å². The molecule has 5 rings (SSSR count). The monoisotopic (exact) mass is 557 g/mol. The maximum atomic E-state index is 12.1. The van der Waals surface area contributed by atoms with Crippen LogP contribution in [0.25, 0.3) is 11.0 Å². The Balaban J connectivity index is 1.26. The Morgan fingerprint density at radius 3 is 2.37 bits per heavy atom. The minimum atomic E-state index is -0.844. The lowest BCUT2D eigenvalue weighted by Gasteiger charge is -2.36. The number of aliphatic hydroxyl groups excluding tert-OH is 1. The number of nitrogens with one attached hydrogen (secondary N) is 1. The van der Waals surface area contributed by atoms with Crippen molar-refractivity contribution in [3.8, 4) is 0 Å². The molecular weight excluding hydrogens is 522 g/mol. The van der Waals surface area contributed by atoms with E-state index in [2.05, 4.69) is 20.9 Å². The predicted molar refractivity (Wildman–Crippen MR) is 153 cm³/mol. The van der Waals surface area contributed by atoms with Gasteiger partial charge in [-0.3, -0.25) is 9.59 Å². The Hall–Kier alpha value is -4.05. The number of benzene rings is 3. The number of carboxylic acids is 1. The molecular formula is C32H35N3O6. The van der Waals surface area contributed by atoms with Crippen molar-refractivity contribution in [3.05, 3.63) is 101 Å². The molecule has 9 nitrogen and oxygen atoms in total. The number of rotatable bonds is 12. The molecule has 4 aromatic rings. The van der Waals surface area contributed by atoms with Crippen LogP contribution in [0.4, 0.5) is 0 Å². The summed E-state index contributed by atoms with van der Waals surface area (Å²) in [7, 11) is 0. The third-order valence-corrected chi connectivity index (χ3v) is 7.33. The quantitative estimate of drug-likeness (QED) is 0.209. The van der Waals surface area contributed by atoms with E-state index in [1.54, 1.807) is 0 Å². The molecule has 0 saturated carbocycles. The molecule has 1 amide bonds. The maximum absolute atomic E-state index is 12.1. The maximum Gasteiger partial charge on any atom is 0.303 e. The summed E-state index contributed by atoms with van der Waals surface area (Å²) in [6, 6.07) is 23.7. The van der Waals surface area contributed by atoms with E-state index in [4.69, 9.17) is 14.6 Å². The first-order chi connectivity index (χ1) is 20.0. The smallest absolute Gasteiger partial charge is 0.303 e. The molecule has 0 unspecified atom stereocenters. The number of amides is 1. The second kappa shape index (κ2) is 13.5. The first-order valence-corrected chi connectivity index (χ1v) is 14.0. The van der Waals surface area contributed by atoms with Gasteiger partial charge in [0.25, 0.3) is 0 Å². The van der Waals surface area contributed by atoms with Crippen LogP contribution in [-0.4, -0.2) is 37.7 Å². The number of carbonyl (C=O) groups excluding carboxylic acids is 1. The highest BCUT2D eigenvalue weighted by molar-refractivity contribution is 5.76. The lowest BCUT2D eigenvalue weighted by molar-refractivity contribution is -0.252. The second-order valence-corrected chi connectivity index (χ2v) is 10.4. The summed E-state index contributed by atoms with van der Waals surface area (Å²) in [5.41, 5.74) is 5.69. The van der Waals surface area contributed by atoms with Crippen LogP contribution >= 0.6 is 0 Å². The number of unbranched alkanes of at least 4 members (excludes halogenated alkanes) is 1. The zero-order chi connectivity index (χ0) is 28.6. The highest BCUT2D eigenvalue weighted by Crippen LogP contribution is 2.38. The Morgan fingerprint density at radius 2 is 1.61 bits per heavy atom. The van der Waals surface area contributed by atoms with Gasteiger partial charge in [-0.25, -0.2) is 4.98 Å². The van der Waals surface area contributed by atoms with Gasteiger partial charge < -0.3 is 29.6 Å². The van der Waals surface area contributed by atoms with Crippen molar-refractivity contribution in [1.82, 2.24) is 14.9 Å². The van der Waals surface area contributed by atoms with Gasteiger partial charge in [0.1, 0.15) is 0 Å². The van der Waals surface area contributed by atoms with Gasteiger partial charge in [0.2, 0.25) is 5.91 Å². The van der Waals surface area contributed by atoms with Crippen LogP contribution in [-0.2, 0) is 38.8 Å². The average Bonchev–Trinajstić information content (AvgIpc) is 3.41. The molecule has 0 radical (unpaired) electrons. The third-order valence-electron chi connectivity index (χ3n) is 7.33. The van der Waals surface area contributed by atoms with Crippen molar-refractivity contribution >= 4 is 22.9 Å². The molecule has 1 aromatic heterocycles. The number of aromatic nitrogens is 2. The number of hydrogen-bond acceptors (Lipinski definition) is 6. The second-order valence-electron chi connectivity index (χ2n) is 10.4. The number of carbonyl (C=O) groups is 2. The molecule has 0 bridgehead atoms. The Labute approximate surface area is 238 Å². The summed E-state index contributed by atoms with van der Waals surface area (Å²) in [4.78, 5) is 27.3. The fraction of sp³-hybridized carbons (Fsp3) is 0.344. The molecule has 2 heterocycles. The molecule has 1 fully saturated rings. The van der Waals surface area contributed by atoms with Crippen LogP contribution in [0.1, 0.15) is 66.8 Å². The van der Waals surface area contributed by atoms with E-state index in [0.29, 0.717) is 38.8 Å². The van der Waals surface area contributed by atoms with E-state index in [-0.39, 0.29) is 31.1 Å². The first-order valence-electron chi connectivity index (χ1n) is 14.0. The van der Waals surface area contributed by atoms with Gasteiger partial charge in [-0.2, -0.15) is 0 Å². The molecule has 0 spiro atoms. The van der Waals surface area contributed by atoms with Gasteiger partial charge in [-0.1, -0.05) is 60.7 Å². The van der Waals surface area contributed by atoms with Crippen molar-refractivity contribution in [2.75, 3.05) is 0 Å². The topological polar surface area (TPSA) is 123 Å². The molecule has 0 aliphatic carbocycles. The number of nitrogens with zero attached hydrogens (tertiary/aromatic N) is 2. The summed E-state index contributed by atoms with van der Waals surface area (Å²) in [6.07, 6.45) is 3.03. The van der Waals surface area contributed by atoms with Gasteiger partial charge in [0.15, 0.2) is 6.29 Å². The molecule has 41 heavy (non-hydrogen) atoms. The van der Waals surface area contributed by atoms with E-state index in [1.165, 1.54) is 0 Å². The molecule has 1 saturated heterocycles. The Morgan fingerprint density at radius 1 is 0.902 bits per heavy atom. The van der Waals surface area contributed by atoms with Crippen molar-refractivity contribution < 1.29 is 29.3 Å². The Bertz CT molecular complexity index is 1450. The number of fused-ring (bicyclic) bond motifs is 1. The van der Waals surface area contributed by atoms with Gasteiger partial charge in [-0.15, -0.1) is 0 Å². The van der Waals surface area contributed by atoms with Crippen molar-refractivity contribution in [2.24, 2.45) is 0 Å². The van der Waals surface area contributed by atoms with Crippen molar-refractivity contribution in [3.63, 3.8) is 0 Å². The fourth-order valence-corrected chi connectivity index (χ4v) is 5.05. The largest absolute Gasteiger partial charge is 0.481 e. The SMILES string of the molecule is O=C(O)CCCCC(=O)NCc1ccc([C@H]2O[C@@H](Cn3cnc4ccccc43)C[C@@H](c3ccc(CO)cc3)O2)cc1. The molecule has 1 aliphatic heterocycles. The standard InChI is InChI=1S/C32H35N3O6/c36-20-23-11-13-24(14-12-23)29-17-26(19-35-21-34-27-5-1-2-6-28(27)35)40-32(41-29)25-15-9-22(10-16-25)18-33-30(37)7-3-4-8-31(38)39/h1-2,5-6,9-16,21,26,29,32,36H,3-4,7-8,17-20H2,(H,33,37)(H,38,39)/t26-,29+,32+/m1/s1. The number of ether oxygens (including phenoxy) is 2. The number of aliphatic carboxylic acids is 1. The highest BCUT2D eigenvalue weighted by atomic mass is 16.7. The van der Waals surface area contributed by atoms with Crippen LogP contribution in [0, 0.1) is 0 Å². The molecule has 3 atom stereocenters. The lowest BCUT2D eigenvalue weighted by Crippen LogP contribution is -2.32. The highest BCUT2D eigenvalue weighted by Gasteiger charge is 2.32. The van der Waals surface area contributed by atoms with Crippen LogP contribution in [0.2, 0.25) is 0 Å². The van der Waals surface area contributed by atoms with Crippen LogP contribution in [0.3, 0.4) is 0 Å². The number of carboxylic acid groups (broad SMARTS) is 1. The number of imidazole rings is 1. The van der Waals surface area contributed by atoms with Crippen molar-refractivity contribution in [1.29, 1.82) is 0 Å². The third kappa shape index (κ3) is 7.58. The van der Waals surface area contributed by atoms with E-state index < -0.39 is 12.3 Å². The van der Waals surface area contributed by atoms with Gasteiger partial charge in [0.05, 0.1) is 42.7 Å².